The van der Waals surface area contributed by atoms with E-state index < -0.39 is 5.82 Å². The van der Waals surface area contributed by atoms with Crippen molar-refractivity contribution in [1.29, 1.82) is 0 Å². The molecule has 1 aromatic heterocycles. The summed E-state index contributed by atoms with van der Waals surface area (Å²) in [6.07, 6.45) is 4.47. The number of ether oxygens (including phenoxy) is 1. The zero-order valence-electron chi connectivity index (χ0n) is 13.8. The van der Waals surface area contributed by atoms with Gasteiger partial charge in [-0.15, -0.1) is 0 Å². The van der Waals surface area contributed by atoms with E-state index in [9.17, 15) is 4.39 Å². The van der Waals surface area contributed by atoms with Gasteiger partial charge in [-0.3, -0.25) is 9.99 Å². The van der Waals surface area contributed by atoms with Gasteiger partial charge in [0.1, 0.15) is 11.4 Å². The summed E-state index contributed by atoms with van der Waals surface area (Å²) in [5, 5.41) is 1.22. The van der Waals surface area contributed by atoms with Crippen LogP contribution >= 0.6 is 23.5 Å². The average molecular weight is 384 g/mol. The number of rotatable bonds is 7. The van der Waals surface area contributed by atoms with Crippen molar-refractivity contribution in [2.75, 3.05) is 22.6 Å². The van der Waals surface area contributed by atoms with Crippen molar-refractivity contribution in [3.8, 4) is 5.75 Å². The van der Waals surface area contributed by atoms with Crippen LogP contribution in [0.5, 0.6) is 5.75 Å². The first-order chi connectivity index (χ1) is 12.0. The molecule has 0 radical (unpaired) electrons. The van der Waals surface area contributed by atoms with E-state index in [0.29, 0.717) is 11.3 Å². The normalized spacial score (nSPS) is 11.3. The highest BCUT2D eigenvalue weighted by Gasteiger charge is 2.16. The predicted molar refractivity (Wildman–Crippen MR) is 103 cm³/mol. The van der Waals surface area contributed by atoms with Crippen LogP contribution < -0.4 is 26.0 Å². The van der Waals surface area contributed by atoms with Gasteiger partial charge in [-0.05, 0) is 18.2 Å². The van der Waals surface area contributed by atoms with Gasteiger partial charge in [0.05, 0.1) is 29.7 Å². The van der Waals surface area contributed by atoms with E-state index in [1.807, 2.05) is 6.92 Å². The number of benzene rings is 1. The Morgan fingerprint density at radius 3 is 2.92 bits per heavy atom. The van der Waals surface area contributed by atoms with Crippen molar-refractivity contribution in [3.05, 3.63) is 53.2 Å². The van der Waals surface area contributed by atoms with E-state index in [-0.39, 0.29) is 22.1 Å². The number of nitrogens with one attached hydrogen (secondary N) is 1. The van der Waals surface area contributed by atoms with Gasteiger partial charge < -0.3 is 15.2 Å². The lowest BCUT2D eigenvalue weighted by Crippen LogP contribution is -2.27. The van der Waals surface area contributed by atoms with Gasteiger partial charge in [0.15, 0.2) is 5.82 Å². The zero-order chi connectivity index (χ0) is 18.4. The maximum atomic E-state index is 14.7. The highest BCUT2D eigenvalue weighted by Crippen LogP contribution is 2.34. The third-order valence-corrected chi connectivity index (χ3v) is 4.17. The summed E-state index contributed by atoms with van der Waals surface area (Å²) >= 11 is 7.47. The summed E-state index contributed by atoms with van der Waals surface area (Å²) in [4.78, 5) is 4.02. The van der Waals surface area contributed by atoms with Crippen molar-refractivity contribution in [1.82, 2.24) is 4.98 Å². The Hall–Kier alpha value is -2.16. The lowest BCUT2D eigenvalue weighted by atomic mass is 10.2. The molecular formula is C16H19ClFN5OS. The number of hydrazine groups is 1. The summed E-state index contributed by atoms with van der Waals surface area (Å²) < 4.78 is 22.7. The van der Waals surface area contributed by atoms with Gasteiger partial charge >= 0.3 is 0 Å². The molecule has 0 atom stereocenters. The highest BCUT2D eigenvalue weighted by molar-refractivity contribution is 8.00. The second-order valence-electron chi connectivity index (χ2n) is 4.90. The molecule has 0 unspecified atom stereocenters. The van der Waals surface area contributed by atoms with Crippen LogP contribution in [-0.4, -0.2) is 17.8 Å². The van der Waals surface area contributed by atoms with Crippen molar-refractivity contribution >= 4 is 40.6 Å². The van der Waals surface area contributed by atoms with Gasteiger partial charge in [0.25, 0.3) is 0 Å². The van der Waals surface area contributed by atoms with E-state index in [2.05, 4.69) is 9.71 Å². The molecule has 2 aromatic rings. The number of halogens is 2. The summed E-state index contributed by atoms with van der Waals surface area (Å²) in [6.45, 7) is 1.95. The van der Waals surface area contributed by atoms with Crippen LogP contribution in [0, 0.1) is 5.82 Å². The van der Waals surface area contributed by atoms with Crippen molar-refractivity contribution < 1.29 is 9.13 Å². The molecule has 0 spiro atoms. The fourth-order valence-corrected chi connectivity index (χ4v) is 2.68. The minimum atomic E-state index is -0.566. The molecule has 134 valence electrons. The molecule has 2 rings (SSSR count). The first-order valence-corrected chi connectivity index (χ1v) is 8.70. The van der Waals surface area contributed by atoms with E-state index in [1.54, 1.807) is 30.6 Å². The standard InChI is InChI=1S/C16H19ClFN5OS/c1-3-25-22-14-5-4-12(17)16(15(14)18)23(20)9-13(19)10-6-11(24-2)8-21-7-10/h4-9,22H,3,19-20H2,1-2H3/b13-9-. The molecule has 0 aliphatic heterocycles. The van der Waals surface area contributed by atoms with Crippen LogP contribution in [0.1, 0.15) is 12.5 Å². The van der Waals surface area contributed by atoms with Crippen molar-refractivity contribution in [3.63, 3.8) is 0 Å². The molecule has 6 nitrogen and oxygen atoms in total. The number of hydrogen-bond donors (Lipinski definition) is 3. The van der Waals surface area contributed by atoms with Crippen molar-refractivity contribution in [2.24, 2.45) is 11.6 Å². The predicted octanol–water partition coefficient (Wildman–Crippen LogP) is 3.60. The van der Waals surface area contributed by atoms with Gasteiger partial charge in [-0.1, -0.05) is 30.5 Å². The van der Waals surface area contributed by atoms with Crippen LogP contribution in [-0.2, 0) is 0 Å². The number of methoxy groups -OCH3 is 1. The fourth-order valence-electron chi connectivity index (χ4n) is 1.98. The largest absolute Gasteiger partial charge is 0.495 e. The van der Waals surface area contributed by atoms with E-state index in [4.69, 9.17) is 27.9 Å². The van der Waals surface area contributed by atoms with E-state index in [1.165, 1.54) is 25.3 Å². The maximum Gasteiger partial charge on any atom is 0.173 e. The molecular weight excluding hydrogens is 365 g/mol. The van der Waals surface area contributed by atoms with E-state index in [0.717, 1.165) is 10.8 Å². The minimum absolute atomic E-state index is 0.0159. The molecule has 0 saturated carbocycles. The third-order valence-electron chi connectivity index (χ3n) is 3.21. The molecule has 0 amide bonds. The maximum absolute atomic E-state index is 14.7. The Balaban J connectivity index is 2.34. The van der Waals surface area contributed by atoms with Crippen LogP contribution in [0.3, 0.4) is 0 Å². The molecule has 0 aliphatic rings. The quantitative estimate of drug-likeness (QED) is 0.382. The third kappa shape index (κ3) is 4.68. The molecule has 0 fully saturated rings. The van der Waals surface area contributed by atoms with Gasteiger partial charge in [-0.25, -0.2) is 10.2 Å². The Morgan fingerprint density at radius 1 is 1.48 bits per heavy atom. The van der Waals surface area contributed by atoms with Gasteiger partial charge in [-0.2, -0.15) is 0 Å². The Bertz CT molecular complexity index is 774. The van der Waals surface area contributed by atoms with Gasteiger partial charge in [0.2, 0.25) is 0 Å². The molecule has 1 heterocycles. The zero-order valence-corrected chi connectivity index (χ0v) is 15.4. The first kappa shape index (κ1) is 19.2. The summed E-state index contributed by atoms with van der Waals surface area (Å²) in [5.74, 6) is 6.73. The number of nitrogens with two attached hydrogens (primary N) is 2. The minimum Gasteiger partial charge on any atom is -0.495 e. The molecule has 1 aromatic carbocycles. The second-order valence-corrected chi connectivity index (χ2v) is 6.38. The summed E-state index contributed by atoms with van der Waals surface area (Å²) in [6, 6.07) is 4.81. The SMILES string of the molecule is CCSNc1ccc(Cl)c(N(N)/C=C(\N)c2cncc(OC)c2)c1F. The Labute approximate surface area is 155 Å². The van der Waals surface area contributed by atoms with Crippen molar-refractivity contribution in [2.45, 2.75) is 6.92 Å². The summed E-state index contributed by atoms with van der Waals surface area (Å²) in [7, 11) is 1.53. The Kier molecular flexibility index (Phi) is 6.74. The number of hydrogen-bond acceptors (Lipinski definition) is 7. The number of pyridine rings is 1. The molecule has 25 heavy (non-hydrogen) atoms. The Morgan fingerprint density at radius 2 is 2.24 bits per heavy atom. The highest BCUT2D eigenvalue weighted by atomic mass is 35.5. The first-order valence-electron chi connectivity index (χ1n) is 7.34. The lowest BCUT2D eigenvalue weighted by molar-refractivity contribution is 0.412. The average Bonchev–Trinajstić information content (AvgIpc) is 2.61. The second kappa shape index (κ2) is 8.80. The lowest BCUT2D eigenvalue weighted by Gasteiger charge is -2.19. The number of anilines is 2. The fraction of sp³-hybridized carbons (Fsp3) is 0.188. The molecule has 0 saturated heterocycles. The molecule has 0 aliphatic carbocycles. The monoisotopic (exact) mass is 383 g/mol. The van der Waals surface area contributed by atoms with Crippen LogP contribution in [0.15, 0.2) is 36.8 Å². The topological polar surface area (TPSA) is 89.4 Å². The molecule has 5 N–H and O–H groups in total. The molecule has 9 heteroatoms. The van der Waals surface area contributed by atoms with Gasteiger partial charge in [0, 0.05) is 23.7 Å². The molecule has 0 bridgehead atoms. The summed E-state index contributed by atoms with van der Waals surface area (Å²) in [5.41, 5.74) is 7.21. The van der Waals surface area contributed by atoms with Crippen LogP contribution in [0.2, 0.25) is 5.02 Å². The van der Waals surface area contributed by atoms with Crippen LogP contribution in [0.25, 0.3) is 5.70 Å². The smallest absolute Gasteiger partial charge is 0.173 e. The van der Waals surface area contributed by atoms with Crippen LogP contribution in [0.4, 0.5) is 15.8 Å². The number of nitrogens with zero attached hydrogens (tertiary/aromatic N) is 2. The number of aromatic nitrogens is 1. The van der Waals surface area contributed by atoms with E-state index >= 15 is 0 Å².